The Morgan fingerprint density at radius 3 is 2.25 bits per heavy atom. The summed E-state index contributed by atoms with van der Waals surface area (Å²) in [6.45, 7) is 0. The molecule has 0 bridgehead atoms. The Balaban J connectivity index is 2.59. The van der Waals surface area contributed by atoms with E-state index < -0.39 is 11.6 Å². The standard InChI is InChI=1S/C13H4BrCl4FO/c14-6-2-1-5(3-9(6)19)13(20)10-7(15)4-8(16)11(17)12(10)18/h1-4H. The molecule has 2 rings (SSSR count). The number of halogens is 6. The summed E-state index contributed by atoms with van der Waals surface area (Å²) in [5.74, 6) is -1.10. The molecule has 20 heavy (non-hydrogen) atoms. The second-order valence-electron chi connectivity index (χ2n) is 3.80. The van der Waals surface area contributed by atoms with Gasteiger partial charge >= 0.3 is 0 Å². The highest BCUT2D eigenvalue weighted by atomic mass is 79.9. The lowest BCUT2D eigenvalue weighted by atomic mass is 10.0. The summed E-state index contributed by atoms with van der Waals surface area (Å²) in [6.07, 6.45) is 0. The second kappa shape index (κ2) is 6.20. The van der Waals surface area contributed by atoms with E-state index in [1.165, 1.54) is 18.2 Å². The Hall–Kier alpha value is -0.320. The Kier molecular flexibility index (Phi) is 4.98. The average molecular weight is 417 g/mol. The Bertz CT molecular complexity index is 718. The van der Waals surface area contributed by atoms with Crippen LogP contribution in [0.3, 0.4) is 0 Å². The van der Waals surface area contributed by atoms with Crippen molar-refractivity contribution in [3.63, 3.8) is 0 Å². The van der Waals surface area contributed by atoms with Gasteiger partial charge in [-0.15, -0.1) is 0 Å². The SMILES string of the molecule is O=C(c1ccc(Br)c(F)c1)c1c(Cl)cc(Cl)c(Cl)c1Cl. The van der Waals surface area contributed by atoms with Gasteiger partial charge in [-0.3, -0.25) is 4.79 Å². The number of rotatable bonds is 2. The summed E-state index contributed by atoms with van der Waals surface area (Å²) in [6, 6.07) is 5.27. The third kappa shape index (κ3) is 2.97. The van der Waals surface area contributed by atoms with Gasteiger partial charge in [-0.05, 0) is 40.2 Å². The van der Waals surface area contributed by atoms with Gasteiger partial charge in [0.05, 0.1) is 30.1 Å². The lowest BCUT2D eigenvalue weighted by Crippen LogP contribution is -2.04. The van der Waals surface area contributed by atoms with Crippen molar-refractivity contribution in [1.29, 1.82) is 0 Å². The molecular formula is C13H4BrCl4FO. The Labute approximate surface area is 142 Å². The molecule has 0 amide bonds. The molecule has 0 aliphatic carbocycles. The topological polar surface area (TPSA) is 17.1 Å². The number of benzene rings is 2. The molecule has 7 heteroatoms. The van der Waals surface area contributed by atoms with Crippen molar-refractivity contribution >= 4 is 68.1 Å². The Morgan fingerprint density at radius 1 is 1.00 bits per heavy atom. The van der Waals surface area contributed by atoms with Crippen molar-refractivity contribution < 1.29 is 9.18 Å². The molecule has 0 fully saturated rings. The van der Waals surface area contributed by atoms with Gasteiger partial charge in [0, 0.05) is 5.56 Å². The molecule has 0 radical (unpaired) electrons. The van der Waals surface area contributed by atoms with Gasteiger partial charge in [0.15, 0.2) is 5.78 Å². The van der Waals surface area contributed by atoms with E-state index in [-0.39, 0.29) is 35.7 Å². The van der Waals surface area contributed by atoms with E-state index >= 15 is 0 Å². The number of carbonyl (C=O) groups excluding carboxylic acids is 1. The third-order valence-corrected chi connectivity index (χ3v) is 4.73. The molecule has 0 atom stereocenters. The third-order valence-electron chi connectivity index (χ3n) is 2.52. The molecule has 0 spiro atoms. The van der Waals surface area contributed by atoms with Crippen LogP contribution in [0.4, 0.5) is 4.39 Å². The molecule has 0 unspecified atom stereocenters. The van der Waals surface area contributed by atoms with Crippen molar-refractivity contribution in [2.24, 2.45) is 0 Å². The van der Waals surface area contributed by atoms with E-state index in [1.54, 1.807) is 0 Å². The minimum Gasteiger partial charge on any atom is -0.288 e. The summed E-state index contributed by atoms with van der Waals surface area (Å²) in [5, 5.41) is 0.161. The minimum atomic E-state index is -0.567. The number of ketones is 1. The zero-order valence-corrected chi connectivity index (χ0v) is 14.1. The molecule has 2 aromatic rings. The Morgan fingerprint density at radius 2 is 1.65 bits per heavy atom. The molecule has 0 aliphatic heterocycles. The van der Waals surface area contributed by atoms with Crippen LogP contribution in [-0.4, -0.2) is 5.78 Å². The predicted octanol–water partition coefficient (Wildman–Crippen LogP) is 6.43. The normalized spacial score (nSPS) is 10.7. The first-order valence-corrected chi connectivity index (χ1v) is 7.46. The van der Waals surface area contributed by atoms with Crippen molar-refractivity contribution in [2.75, 3.05) is 0 Å². The second-order valence-corrected chi connectivity index (χ2v) is 6.23. The summed E-state index contributed by atoms with van der Waals surface area (Å²) in [7, 11) is 0. The predicted molar refractivity (Wildman–Crippen MR) is 84.0 cm³/mol. The summed E-state index contributed by atoms with van der Waals surface area (Å²) >= 11 is 26.7. The van der Waals surface area contributed by atoms with E-state index in [2.05, 4.69) is 15.9 Å². The van der Waals surface area contributed by atoms with E-state index in [1.807, 2.05) is 0 Å². The van der Waals surface area contributed by atoms with Crippen molar-refractivity contribution in [2.45, 2.75) is 0 Å². The van der Waals surface area contributed by atoms with Crippen LogP contribution in [0.15, 0.2) is 28.7 Å². The van der Waals surface area contributed by atoms with Crippen LogP contribution < -0.4 is 0 Å². The number of hydrogen-bond donors (Lipinski definition) is 0. The van der Waals surface area contributed by atoms with Gasteiger partial charge in [0.25, 0.3) is 0 Å². The van der Waals surface area contributed by atoms with Crippen LogP contribution >= 0.6 is 62.3 Å². The van der Waals surface area contributed by atoms with Gasteiger partial charge in [0.1, 0.15) is 5.82 Å². The molecule has 0 heterocycles. The molecule has 2 aromatic carbocycles. The van der Waals surface area contributed by atoms with E-state index in [9.17, 15) is 9.18 Å². The number of hydrogen-bond acceptors (Lipinski definition) is 1. The monoisotopic (exact) mass is 414 g/mol. The quantitative estimate of drug-likeness (QED) is 0.313. The van der Waals surface area contributed by atoms with Crippen LogP contribution in [0, 0.1) is 5.82 Å². The fourth-order valence-corrected chi connectivity index (χ4v) is 2.89. The lowest BCUT2D eigenvalue weighted by Gasteiger charge is -2.09. The van der Waals surface area contributed by atoms with E-state index in [0.29, 0.717) is 0 Å². The molecule has 0 aromatic heterocycles. The summed E-state index contributed by atoms with van der Waals surface area (Å²) < 4.78 is 13.7. The maximum Gasteiger partial charge on any atom is 0.196 e. The highest BCUT2D eigenvalue weighted by Gasteiger charge is 2.21. The van der Waals surface area contributed by atoms with Crippen molar-refractivity contribution in [3.8, 4) is 0 Å². The average Bonchev–Trinajstić information content (AvgIpc) is 2.39. The minimum absolute atomic E-state index is 0.00976. The van der Waals surface area contributed by atoms with Gasteiger partial charge in [-0.2, -0.15) is 0 Å². The van der Waals surface area contributed by atoms with Gasteiger partial charge in [0.2, 0.25) is 0 Å². The van der Waals surface area contributed by atoms with Crippen LogP contribution in [0.1, 0.15) is 15.9 Å². The fourth-order valence-electron chi connectivity index (χ4n) is 1.56. The van der Waals surface area contributed by atoms with Gasteiger partial charge < -0.3 is 0 Å². The number of carbonyl (C=O) groups is 1. The van der Waals surface area contributed by atoms with Crippen LogP contribution in [0.25, 0.3) is 0 Å². The van der Waals surface area contributed by atoms with Gasteiger partial charge in [-0.25, -0.2) is 4.39 Å². The summed E-state index contributed by atoms with van der Waals surface area (Å²) in [4.78, 5) is 12.4. The first-order chi connectivity index (χ1) is 9.32. The zero-order chi connectivity index (χ0) is 15.0. The molecule has 0 N–H and O–H groups in total. The first kappa shape index (κ1) is 16.1. The molecule has 0 saturated heterocycles. The van der Waals surface area contributed by atoms with E-state index in [4.69, 9.17) is 46.4 Å². The van der Waals surface area contributed by atoms with Crippen LogP contribution in [0.2, 0.25) is 20.1 Å². The smallest absolute Gasteiger partial charge is 0.196 e. The van der Waals surface area contributed by atoms with E-state index in [0.717, 1.165) is 6.07 Å². The highest BCUT2D eigenvalue weighted by molar-refractivity contribution is 9.10. The summed E-state index contributed by atoms with van der Waals surface area (Å²) in [5.41, 5.74) is 0.0948. The molecule has 0 aliphatic rings. The van der Waals surface area contributed by atoms with Crippen LogP contribution in [0.5, 0.6) is 0 Å². The lowest BCUT2D eigenvalue weighted by molar-refractivity contribution is 0.103. The molecule has 0 saturated carbocycles. The van der Waals surface area contributed by atoms with Crippen molar-refractivity contribution in [3.05, 3.63) is 65.8 Å². The largest absolute Gasteiger partial charge is 0.288 e. The van der Waals surface area contributed by atoms with Crippen molar-refractivity contribution in [1.82, 2.24) is 0 Å². The molecular weight excluding hydrogens is 413 g/mol. The molecule has 104 valence electrons. The maximum absolute atomic E-state index is 13.5. The fraction of sp³-hybridized carbons (Fsp3) is 0. The maximum atomic E-state index is 13.5. The highest BCUT2D eigenvalue weighted by Crippen LogP contribution is 2.38. The van der Waals surface area contributed by atoms with Gasteiger partial charge in [-0.1, -0.05) is 46.4 Å². The van der Waals surface area contributed by atoms with Crippen LogP contribution in [-0.2, 0) is 0 Å². The first-order valence-electron chi connectivity index (χ1n) is 5.15. The molecule has 1 nitrogen and oxygen atoms in total. The zero-order valence-electron chi connectivity index (χ0n) is 9.49.